The standard InChI is InChI=1S/C21H31BrClN3O/c1-14-11-15(12-18(22)20(14)23)13-19(24)21(27)26-9-5-17(6-10-26)16-3-7-25(2)8-4-16/h11-12,16-17,19H,3-10,13,24H2,1-2H3. The molecule has 27 heavy (non-hydrogen) atoms. The summed E-state index contributed by atoms with van der Waals surface area (Å²) >= 11 is 9.68. The van der Waals surface area contributed by atoms with Gasteiger partial charge in [0.2, 0.25) is 5.91 Å². The third kappa shape index (κ3) is 5.26. The van der Waals surface area contributed by atoms with Crippen molar-refractivity contribution in [3.05, 3.63) is 32.8 Å². The maximum atomic E-state index is 12.8. The van der Waals surface area contributed by atoms with Crippen molar-refractivity contribution in [3.8, 4) is 0 Å². The van der Waals surface area contributed by atoms with Gasteiger partial charge in [0.15, 0.2) is 0 Å². The van der Waals surface area contributed by atoms with Crippen LogP contribution in [0.2, 0.25) is 5.02 Å². The normalized spacial score (nSPS) is 21.4. The molecular formula is C21H31BrClN3O. The lowest BCUT2D eigenvalue weighted by molar-refractivity contribution is -0.134. The maximum Gasteiger partial charge on any atom is 0.239 e. The van der Waals surface area contributed by atoms with E-state index in [2.05, 4.69) is 27.9 Å². The van der Waals surface area contributed by atoms with E-state index in [9.17, 15) is 4.79 Å². The van der Waals surface area contributed by atoms with Crippen molar-refractivity contribution < 1.29 is 4.79 Å². The monoisotopic (exact) mass is 455 g/mol. The van der Waals surface area contributed by atoms with Crippen molar-refractivity contribution >= 4 is 33.4 Å². The summed E-state index contributed by atoms with van der Waals surface area (Å²) in [5.41, 5.74) is 8.31. The molecular weight excluding hydrogens is 426 g/mol. The summed E-state index contributed by atoms with van der Waals surface area (Å²) in [5.74, 6) is 1.69. The number of hydrogen-bond acceptors (Lipinski definition) is 3. The molecule has 0 spiro atoms. The minimum atomic E-state index is -0.489. The van der Waals surface area contributed by atoms with Crippen LogP contribution in [0.15, 0.2) is 16.6 Å². The van der Waals surface area contributed by atoms with Gasteiger partial charge in [-0.25, -0.2) is 0 Å². The lowest BCUT2D eigenvalue weighted by Crippen LogP contribution is -2.49. The van der Waals surface area contributed by atoms with Gasteiger partial charge in [0.05, 0.1) is 11.1 Å². The zero-order valence-corrected chi connectivity index (χ0v) is 18.7. The lowest BCUT2D eigenvalue weighted by Gasteiger charge is -2.40. The fraction of sp³-hybridized carbons (Fsp3) is 0.667. The Balaban J connectivity index is 1.51. The van der Waals surface area contributed by atoms with Gasteiger partial charge in [-0.15, -0.1) is 0 Å². The zero-order chi connectivity index (χ0) is 19.6. The summed E-state index contributed by atoms with van der Waals surface area (Å²) in [5, 5.41) is 0.717. The molecule has 2 N–H and O–H groups in total. The van der Waals surface area contributed by atoms with Gasteiger partial charge in [-0.2, -0.15) is 0 Å². The lowest BCUT2D eigenvalue weighted by atomic mass is 9.79. The second-order valence-electron chi connectivity index (χ2n) is 8.32. The van der Waals surface area contributed by atoms with Crippen LogP contribution in [0.4, 0.5) is 0 Å². The molecule has 1 aromatic rings. The number of hydrogen-bond donors (Lipinski definition) is 1. The predicted molar refractivity (Wildman–Crippen MR) is 115 cm³/mol. The van der Waals surface area contributed by atoms with E-state index in [1.807, 2.05) is 24.0 Å². The molecule has 1 unspecified atom stereocenters. The van der Waals surface area contributed by atoms with Crippen molar-refractivity contribution in [1.82, 2.24) is 9.80 Å². The number of amides is 1. The fourth-order valence-electron chi connectivity index (χ4n) is 4.58. The largest absolute Gasteiger partial charge is 0.341 e. The van der Waals surface area contributed by atoms with E-state index in [0.717, 1.165) is 58.4 Å². The van der Waals surface area contributed by atoms with E-state index in [1.54, 1.807) is 0 Å². The maximum absolute atomic E-state index is 12.8. The molecule has 0 aromatic heterocycles. The highest BCUT2D eigenvalue weighted by Gasteiger charge is 2.31. The molecule has 2 aliphatic rings. The van der Waals surface area contributed by atoms with Gasteiger partial charge >= 0.3 is 0 Å². The highest BCUT2D eigenvalue weighted by atomic mass is 79.9. The number of likely N-dealkylation sites (tertiary alicyclic amines) is 2. The van der Waals surface area contributed by atoms with Crippen LogP contribution in [-0.2, 0) is 11.2 Å². The van der Waals surface area contributed by atoms with Gasteiger partial charge < -0.3 is 15.5 Å². The van der Waals surface area contributed by atoms with Crippen LogP contribution in [0, 0.1) is 18.8 Å². The molecule has 4 nitrogen and oxygen atoms in total. The van der Waals surface area contributed by atoms with Crippen LogP contribution in [0.5, 0.6) is 0 Å². The molecule has 1 aromatic carbocycles. The van der Waals surface area contributed by atoms with Gasteiger partial charge in [0, 0.05) is 17.6 Å². The number of piperidine rings is 2. The number of nitrogens with two attached hydrogens (primary N) is 1. The molecule has 0 radical (unpaired) electrons. The summed E-state index contributed by atoms with van der Waals surface area (Å²) < 4.78 is 0.859. The van der Waals surface area contributed by atoms with Crippen molar-refractivity contribution in [2.45, 2.75) is 45.1 Å². The Morgan fingerprint density at radius 1 is 1.19 bits per heavy atom. The van der Waals surface area contributed by atoms with E-state index in [4.69, 9.17) is 17.3 Å². The van der Waals surface area contributed by atoms with E-state index in [0.29, 0.717) is 6.42 Å². The Hall–Kier alpha value is -0.620. The van der Waals surface area contributed by atoms with Crippen molar-refractivity contribution in [2.24, 2.45) is 17.6 Å². The molecule has 6 heteroatoms. The first-order valence-corrected chi connectivity index (χ1v) is 11.2. The summed E-state index contributed by atoms with van der Waals surface area (Å²) in [7, 11) is 2.21. The predicted octanol–water partition coefficient (Wildman–Crippen LogP) is 3.86. The van der Waals surface area contributed by atoms with Crippen molar-refractivity contribution in [1.29, 1.82) is 0 Å². The molecule has 2 heterocycles. The molecule has 150 valence electrons. The smallest absolute Gasteiger partial charge is 0.239 e. The molecule has 0 aliphatic carbocycles. The minimum absolute atomic E-state index is 0.0838. The first-order chi connectivity index (χ1) is 12.8. The van der Waals surface area contributed by atoms with Gasteiger partial charge in [-0.1, -0.05) is 17.7 Å². The minimum Gasteiger partial charge on any atom is -0.341 e. The molecule has 2 saturated heterocycles. The van der Waals surface area contributed by atoms with Crippen LogP contribution in [0.25, 0.3) is 0 Å². The molecule has 2 aliphatic heterocycles. The Kier molecular flexibility index (Phi) is 7.23. The number of rotatable bonds is 4. The van der Waals surface area contributed by atoms with Crippen LogP contribution in [0.1, 0.15) is 36.8 Å². The Morgan fingerprint density at radius 3 is 2.30 bits per heavy atom. The Bertz CT molecular complexity index is 644. The highest BCUT2D eigenvalue weighted by Crippen LogP contribution is 2.32. The quantitative estimate of drug-likeness (QED) is 0.748. The number of benzene rings is 1. The first-order valence-electron chi connectivity index (χ1n) is 10.0. The van der Waals surface area contributed by atoms with E-state index in [-0.39, 0.29) is 5.91 Å². The number of carbonyl (C=O) groups is 1. The SMILES string of the molecule is Cc1cc(CC(N)C(=O)N2CCC(C3CCN(C)CC3)CC2)cc(Br)c1Cl. The number of aryl methyl sites for hydroxylation is 1. The Morgan fingerprint density at radius 2 is 1.74 bits per heavy atom. The zero-order valence-electron chi connectivity index (χ0n) is 16.4. The van der Waals surface area contributed by atoms with Crippen molar-refractivity contribution in [3.63, 3.8) is 0 Å². The topological polar surface area (TPSA) is 49.6 Å². The van der Waals surface area contributed by atoms with Gasteiger partial charge in [-0.05, 0) is 104 Å². The number of nitrogens with zero attached hydrogens (tertiary/aromatic N) is 2. The van der Waals surface area contributed by atoms with Crippen molar-refractivity contribution in [2.75, 3.05) is 33.2 Å². The van der Waals surface area contributed by atoms with Gasteiger partial charge in [0.1, 0.15) is 0 Å². The summed E-state index contributed by atoms with van der Waals surface area (Å²) in [6.07, 6.45) is 5.40. The molecule has 0 bridgehead atoms. The third-order valence-electron chi connectivity index (χ3n) is 6.32. The van der Waals surface area contributed by atoms with E-state index >= 15 is 0 Å². The highest BCUT2D eigenvalue weighted by molar-refractivity contribution is 9.10. The summed E-state index contributed by atoms with van der Waals surface area (Å²) in [4.78, 5) is 17.2. The van der Waals surface area contributed by atoms with E-state index in [1.165, 1.54) is 25.9 Å². The van der Waals surface area contributed by atoms with Crippen LogP contribution in [0.3, 0.4) is 0 Å². The van der Waals surface area contributed by atoms with Crippen LogP contribution in [-0.4, -0.2) is 55.0 Å². The molecule has 1 amide bonds. The Labute approximate surface area is 176 Å². The average Bonchev–Trinajstić information content (AvgIpc) is 2.66. The molecule has 0 saturated carbocycles. The first kappa shape index (κ1) is 21.1. The molecule has 3 rings (SSSR count). The second-order valence-corrected chi connectivity index (χ2v) is 9.55. The molecule has 2 fully saturated rings. The van der Waals surface area contributed by atoms with Gasteiger partial charge in [-0.3, -0.25) is 4.79 Å². The van der Waals surface area contributed by atoms with Gasteiger partial charge in [0.25, 0.3) is 0 Å². The second kappa shape index (κ2) is 9.25. The summed E-state index contributed by atoms with van der Waals surface area (Å²) in [6.45, 7) is 6.10. The van der Waals surface area contributed by atoms with Crippen LogP contribution < -0.4 is 5.73 Å². The van der Waals surface area contributed by atoms with Crippen LogP contribution >= 0.6 is 27.5 Å². The molecule has 1 atom stereocenters. The number of halogens is 2. The summed E-state index contributed by atoms with van der Waals surface area (Å²) in [6, 6.07) is 3.50. The number of carbonyl (C=O) groups excluding carboxylic acids is 1. The fourth-order valence-corrected chi connectivity index (χ4v) is 5.30. The third-order valence-corrected chi connectivity index (χ3v) is 7.68. The van der Waals surface area contributed by atoms with E-state index < -0.39 is 6.04 Å². The average molecular weight is 457 g/mol.